The average Bonchev–Trinajstić information content (AvgIpc) is 2.95. The summed E-state index contributed by atoms with van der Waals surface area (Å²) in [6, 6.07) is 13.6. The minimum atomic E-state index is -0.631. The van der Waals surface area contributed by atoms with Crippen LogP contribution < -0.4 is 10.9 Å². The fraction of sp³-hybridized carbons (Fsp3) is 0.100. The van der Waals surface area contributed by atoms with Crippen LogP contribution in [0.1, 0.15) is 32.1 Å². The Bertz CT molecular complexity index is 1010. The Kier molecular flexibility index (Phi) is 4.94. The van der Waals surface area contributed by atoms with Crippen molar-refractivity contribution in [2.45, 2.75) is 13.8 Å². The highest BCUT2D eigenvalue weighted by molar-refractivity contribution is 6.01. The standard InChI is InChI=1S/C20H18FN3O3/c1-12-11-17(13(2)24(12)15-9-7-14(21)8-10-15)20(27)23-22-19(26)16-5-3-4-6-18(16)25/h3-11,25H,1-2H3,(H,22,26)(H,23,27). The van der Waals surface area contributed by atoms with Gasteiger partial charge in [0, 0.05) is 17.1 Å². The van der Waals surface area contributed by atoms with Gasteiger partial charge in [0.2, 0.25) is 0 Å². The molecule has 0 bridgehead atoms. The van der Waals surface area contributed by atoms with Crippen LogP contribution in [0.15, 0.2) is 54.6 Å². The smallest absolute Gasteiger partial charge is 0.273 e. The summed E-state index contributed by atoms with van der Waals surface area (Å²) < 4.78 is 15.0. The van der Waals surface area contributed by atoms with Gasteiger partial charge in [-0.2, -0.15) is 0 Å². The second-order valence-corrected chi connectivity index (χ2v) is 6.02. The van der Waals surface area contributed by atoms with E-state index in [0.717, 1.165) is 11.4 Å². The molecule has 7 heteroatoms. The van der Waals surface area contributed by atoms with Crippen LogP contribution in [0.25, 0.3) is 5.69 Å². The third-order valence-electron chi connectivity index (χ3n) is 4.20. The molecule has 2 amide bonds. The molecule has 1 aromatic heterocycles. The Morgan fingerprint density at radius 2 is 1.52 bits per heavy atom. The molecular weight excluding hydrogens is 349 g/mol. The van der Waals surface area contributed by atoms with E-state index >= 15 is 0 Å². The van der Waals surface area contributed by atoms with Gasteiger partial charge >= 0.3 is 0 Å². The average molecular weight is 367 g/mol. The summed E-state index contributed by atoms with van der Waals surface area (Å²) in [4.78, 5) is 24.6. The number of amides is 2. The molecule has 0 unspecified atom stereocenters. The summed E-state index contributed by atoms with van der Waals surface area (Å²) in [5.74, 6) is -1.65. The van der Waals surface area contributed by atoms with Gasteiger partial charge in [-0.05, 0) is 56.3 Å². The van der Waals surface area contributed by atoms with E-state index in [0.29, 0.717) is 11.3 Å². The number of phenols is 1. The van der Waals surface area contributed by atoms with Gasteiger partial charge in [0.05, 0.1) is 11.1 Å². The monoisotopic (exact) mass is 367 g/mol. The van der Waals surface area contributed by atoms with E-state index in [1.54, 1.807) is 37.3 Å². The summed E-state index contributed by atoms with van der Waals surface area (Å²) in [5, 5.41) is 9.69. The number of aromatic hydroxyl groups is 1. The quantitative estimate of drug-likeness (QED) is 0.622. The van der Waals surface area contributed by atoms with E-state index in [2.05, 4.69) is 10.9 Å². The lowest BCUT2D eigenvalue weighted by atomic mass is 10.2. The Hall–Kier alpha value is -3.61. The van der Waals surface area contributed by atoms with E-state index in [1.165, 1.54) is 24.3 Å². The highest BCUT2D eigenvalue weighted by atomic mass is 19.1. The zero-order chi connectivity index (χ0) is 19.6. The minimum absolute atomic E-state index is 0.0505. The topological polar surface area (TPSA) is 83.4 Å². The fourth-order valence-corrected chi connectivity index (χ4v) is 2.89. The molecular formula is C20H18FN3O3. The number of hydrazine groups is 1. The summed E-state index contributed by atoms with van der Waals surface area (Å²) in [7, 11) is 0. The highest BCUT2D eigenvalue weighted by Gasteiger charge is 2.18. The minimum Gasteiger partial charge on any atom is -0.507 e. The first-order chi connectivity index (χ1) is 12.9. The second-order valence-electron chi connectivity index (χ2n) is 6.02. The second kappa shape index (κ2) is 7.33. The maximum Gasteiger partial charge on any atom is 0.273 e. The van der Waals surface area contributed by atoms with Crippen LogP contribution in [0, 0.1) is 19.7 Å². The molecule has 0 fully saturated rings. The number of nitrogens with one attached hydrogen (secondary N) is 2. The van der Waals surface area contributed by atoms with Gasteiger partial charge < -0.3 is 9.67 Å². The van der Waals surface area contributed by atoms with E-state index in [-0.39, 0.29) is 17.1 Å². The number of carbonyl (C=O) groups excluding carboxylic acids is 2. The molecule has 1 heterocycles. The van der Waals surface area contributed by atoms with Crippen molar-refractivity contribution in [1.82, 2.24) is 15.4 Å². The van der Waals surface area contributed by atoms with Crippen molar-refractivity contribution < 1.29 is 19.1 Å². The Morgan fingerprint density at radius 3 is 2.15 bits per heavy atom. The largest absolute Gasteiger partial charge is 0.507 e. The van der Waals surface area contributed by atoms with Gasteiger partial charge in [-0.15, -0.1) is 0 Å². The lowest BCUT2D eigenvalue weighted by Gasteiger charge is -2.11. The van der Waals surface area contributed by atoms with Crippen molar-refractivity contribution >= 4 is 11.8 Å². The summed E-state index contributed by atoms with van der Waals surface area (Å²) in [6.07, 6.45) is 0. The lowest BCUT2D eigenvalue weighted by molar-refractivity contribution is 0.0844. The van der Waals surface area contributed by atoms with Gasteiger partial charge in [-0.3, -0.25) is 20.4 Å². The van der Waals surface area contributed by atoms with Crippen LogP contribution in [0.3, 0.4) is 0 Å². The van der Waals surface area contributed by atoms with Crippen LogP contribution in [0.5, 0.6) is 5.75 Å². The molecule has 3 aromatic rings. The molecule has 27 heavy (non-hydrogen) atoms. The van der Waals surface area contributed by atoms with Gasteiger partial charge in [-0.1, -0.05) is 12.1 Å². The molecule has 0 aliphatic carbocycles. The Morgan fingerprint density at radius 1 is 0.926 bits per heavy atom. The molecule has 3 N–H and O–H groups in total. The van der Waals surface area contributed by atoms with Crippen LogP contribution in [-0.2, 0) is 0 Å². The van der Waals surface area contributed by atoms with Crippen molar-refractivity contribution in [3.63, 3.8) is 0 Å². The number of benzene rings is 2. The number of para-hydroxylation sites is 1. The lowest BCUT2D eigenvalue weighted by Crippen LogP contribution is -2.41. The summed E-state index contributed by atoms with van der Waals surface area (Å²) in [6.45, 7) is 3.59. The molecule has 0 atom stereocenters. The number of aromatic nitrogens is 1. The first-order valence-electron chi connectivity index (χ1n) is 8.22. The number of hydrogen-bond acceptors (Lipinski definition) is 3. The number of phenolic OH excluding ortho intramolecular Hbond substituents is 1. The zero-order valence-corrected chi connectivity index (χ0v) is 14.8. The van der Waals surface area contributed by atoms with E-state index in [4.69, 9.17) is 0 Å². The van der Waals surface area contributed by atoms with Crippen LogP contribution in [0.2, 0.25) is 0 Å². The molecule has 0 aliphatic rings. The van der Waals surface area contributed by atoms with E-state index in [9.17, 15) is 19.1 Å². The predicted octanol–water partition coefficient (Wildman–Crippen LogP) is 3.01. The van der Waals surface area contributed by atoms with Crippen LogP contribution in [-0.4, -0.2) is 21.5 Å². The van der Waals surface area contributed by atoms with Gasteiger partial charge in [-0.25, -0.2) is 4.39 Å². The van der Waals surface area contributed by atoms with E-state index < -0.39 is 11.8 Å². The van der Waals surface area contributed by atoms with Crippen molar-refractivity contribution in [3.05, 3.63) is 82.9 Å². The zero-order valence-electron chi connectivity index (χ0n) is 14.8. The molecule has 6 nitrogen and oxygen atoms in total. The van der Waals surface area contributed by atoms with Crippen LogP contribution in [0.4, 0.5) is 4.39 Å². The maximum absolute atomic E-state index is 13.1. The third-order valence-corrected chi connectivity index (χ3v) is 4.20. The normalized spacial score (nSPS) is 10.5. The number of aryl methyl sites for hydroxylation is 1. The fourth-order valence-electron chi connectivity index (χ4n) is 2.89. The van der Waals surface area contributed by atoms with E-state index in [1.807, 2.05) is 11.5 Å². The molecule has 0 saturated carbocycles. The first kappa shape index (κ1) is 18.2. The highest BCUT2D eigenvalue weighted by Crippen LogP contribution is 2.21. The Labute approximate surface area is 155 Å². The Balaban J connectivity index is 1.78. The summed E-state index contributed by atoms with van der Waals surface area (Å²) in [5.41, 5.74) is 7.21. The van der Waals surface area contributed by atoms with Crippen molar-refractivity contribution in [3.8, 4) is 11.4 Å². The first-order valence-corrected chi connectivity index (χ1v) is 8.22. The van der Waals surface area contributed by atoms with Gasteiger partial charge in [0.1, 0.15) is 11.6 Å². The number of rotatable bonds is 3. The van der Waals surface area contributed by atoms with Crippen molar-refractivity contribution in [2.75, 3.05) is 0 Å². The number of carbonyl (C=O) groups is 2. The molecule has 138 valence electrons. The molecule has 0 aliphatic heterocycles. The van der Waals surface area contributed by atoms with Gasteiger partial charge in [0.15, 0.2) is 0 Å². The van der Waals surface area contributed by atoms with Crippen molar-refractivity contribution in [2.24, 2.45) is 0 Å². The van der Waals surface area contributed by atoms with Crippen LogP contribution >= 0.6 is 0 Å². The summed E-state index contributed by atoms with van der Waals surface area (Å²) >= 11 is 0. The number of halogens is 1. The SMILES string of the molecule is Cc1cc(C(=O)NNC(=O)c2ccccc2O)c(C)n1-c1ccc(F)cc1. The molecule has 0 radical (unpaired) electrons. The molecule has 0 saturated heterocycles. The third kappa shape index (κ3) is 3.67. The molecule has 3 rings (SSSR count). The van der Waals surface area contributed by atoms with Gasteiger partial charge in [0.25, 0.3) is 11.8 Å². The number of hydrogen-bond donors (Lipinski definition) is 3. The van der Waals surface area contributed by atoms with Crippen molar-refractivity contribution in [1.29, 1.82) is 0 Å². The molecule has 0 spiro atoms. The predicted molar refractivity (Wildman–Crippen MR) is 98.2 cm³/mol. The molecule has 2 aromatic carbocycles. The maximum atomic E-state index is 13.1. The number of nitrogens with zero attached hydrogens (tertiary/aromatic N) is 1.